The molecule has 0 radical (unpaired) electrons. The summed E-state index contributed by atoms with van der Waals surface area (Å²) < 4.78 is 5.05. The number of nitrogens with zero attached hydrogens (tertiary/aromatic N) is 1. The highest BCUT2D eigenvalue weighted by Gasteiger charge is 2.28. The van der Waals surface area contributed by atoms with Gasteiger partial charge in [-0.1, -0.05) is 13.3 Å². The number of piperidine rings is 1. The Hall–Kier alpha value is -2.41. The summed E-state index contributed by atoms with van der Waals surface area (Å²) in [6.45, 7) is 5.22. The predicted molar refractivity (Wildman–Crippen MR) is 103 cm³/mol. The number of ether oxygens (including phenoxy) is 1. The number of hydrogen-bond donors (Lipinski definition) is 2. The lowest BCUT2D eigenvalue weighted by Gasteiger charge is -2.31. The van der Waals surface area contributed by atoms with E-state index in [0.29, 0.717) is 50.2 Å². The first-order chi connectivity index (χ1) is 13.0. The molecule has 7 nitrogen and oxygen atoms in total. The quantitative estimate of drug-likeness (QED) is 0.711. The van der Waals surface area contributed by atoms with Gasteiger partial charge in [0.15, 0.2) is 0 Å². The molecule has 2 amide bonds. The van der Waals surface area contributed by atoms with Crippen LogP contribution in [0.5, 0.6) is 0 Å². The second kappa shape index (κ2) is 10.1. The van der Waals surface area contributed by atoms with E-state index in [1.54, 1.807) is 36.1 Å². The molecule has 1 aliphatic rings. The van der Waals surface area contributed by atoms with E-state index in [1.807, 2.05) is 6.92 Å². The molecule has 1 aromatic carbocycles. The molecular formula is C20H29N3O4. The van der Waals surface area contributed by atoms with Gasteiger partial charge in [0.05, 0.1) is 18.6 Å². The van der Waals surface area contributed by atoms with Crippen LogP contribution in [0.2, 0.25) is 0 Å². The van der Waals surface area contributed by atoms with Crippen LogP contribution in [0.15, 0.2) is 24.3 Å². The van der Waals surface area contributed by atoms with Crippen LogP contribution in [0.1, 0.15) is 49.9 Å². The topological polar surface area (TPSA) is 102 Å². The van der Waals surface area contributed by atoms with E-state index in [4.69, 9.17) is 10.5 Å². The van der Waals surface area contributed by atoms with Gasteiger partial charge >= 0.3 is 5.97 Å². The minimum atomic E-state index is -0.531. The first kappa shape index (κ1) is 20.9. The third kappa shape index (κ3) is 5.79. The third-order valence-electron chi connectivity index (χ3n) is 4.74. The molecule has 1 heterocycles. The molecule has 1 aromatic rings. The van der Waals surface area contributed by atoms with Crippen LogP contribution in [-0.4, -0.2) is 48.4 Å². The maximum atomic E-state index is 12.6. The van der Waals surface area contributed by atoms with Gasteiger partial charge in [-0.3, -0.25) is 14.4 Å². The number of likely N-dealkylation sites (tertiary alicyclic amines) is 1. The van der Waals surface area contributed by atoms with Gasteiger partial charge < -0.3 is 20.7 Å². The molecule has 1 unspecified atom stereocenters. The SMILES string of the molecule is CCCC(N)C(=O)Nc1ccc(C(=O)N2CCC(C(=O)OCC)CC2)cc1. The Kier molecular flexibility index (Phi) is 7.79. The van der Waals surface area contributed by atoms with Crippen molar-refractivity contribution in [2.75, 3.05) is 25.0 Å². The van der Waals surface area contributed by atoms with Gasteiger partial charge in [-0.15, -0.1) is 0 Å². The van der Waals surface area contributed by atoms with Crippen molar-refractivity contribution in [2.45, 2.75) is 45.6 Å². The number of anilines is 1. The Morgan fingerprint density at radius 3 is 2.37 bits per heavy atom. The number of amides is 2. The maximum Gasteiger partial charge on any atom is 0.309 e. The average Bonchev–Trinajstić information content (AvgIpc) is 2.68. The van der Waals surface area contributed by atoms with Crippen molar-refractivity contribution in [3.05, 3.63) is 29.8 Å². The van der Waals surface area contributed by atoms with Crippen molar-refractivity contribution >= 4 is 23.5 Å². The number of nitrogens with two attached hydrogens (primary N) is 1. The number of carbonyl (C=O) groups excluding carboxylic acids is 3. The molecule has 7 heteroatoms. The predicted octanol–water partition coefficient (Wildman–Crippen LogP) is 2.17. The molecule has 1 atom stereocenters. The normalized spacial score (nSPS) is 15.9. The molecule has 0 spiro atoms. The Balaban J connectivity index is 1.89. The molecule has 2 rings (SSSR count). The highest BCUT2D eigenvalue weighted by Crippen LogP contribution is 2.21. The van der Waals surface area contributed by atoms with Gasteiger partial charge in [-0.05, 0) is 50.5 Å². The first-order valence-corrected chi connectivity index (χ1v) is 9.58. The second-order valence-electron chi connectivity index (χ2n) is 6.78. The molecule has 1 aliphatic heterocycles. The number of esters is 1. The molecular weight excluding hydrogens is 346 g/mol. The lowest BCUT2D eigenvalue weighted by molar-refractivity contribution is -0.149. The van der Waals surface area contributed by atoms with E-state index in [9.17, 15) is 14.4 Å². The lowest BCUT2D eigenvalue weighted by atomic mass is 9.96. The zero-order chi connectivity index (χ0) is 19.8. The van der Waals surface area contributed by atoms with Crippen LogP contribution >= 0.6 is 0 Å². The fourth-order valence-corrected chi connectivity index (χ4v) is 3.13. The molecule has 0 bridgehead atoms. The Labute approximate surface area is 160 Å². The van der Waals surface area contributed by atoms with E-state index in [1.165, 1.54) is 0 Å². The molecule has 1 saturated heterocycles. The number of benzene rings is 1. The van der Waals surface area contributed by atoms with Crippen LogP contribution in [0.25, 0.3) is 0 Å². The fourth-order valence-electron chi connectivity index (χ4n) is 3.13. The Bertz CT molecular complexity index is 652. The van der Waals surface area contributed by atoms with Crippen molar-refractivity contribution in [2.24, 2.45) is 11.7 Å². The van der Waals surface area contributed by atoms with Crippen LogP contribution in [0.4, 0.5) is 5.69 Å². The summed E-state index contributed by atoms with van der Waals surface area (Å²) in [5.41, 5.74) is 6.97. The van der Waals surface area contributed by atoms with Gasteiger partial charge in [0, 0.05) is 24.3 Å². The smallest absolute Gasteiger partial charge is 0.309 e. The van der Waals surface area contributed by atoms with Crippen molar-refractivity contribution in [1.82, 2.24) is 4.90 Å². The third-order valence-corrected chi connectivity index (χ3v) is 4.74. The summed E-state index contributed by atoms with van der Waals surface area (Å²) in [6, 6.07) is 6.27. The van der Waals surface area contributed by atoms with Gasteiger partial charge in [-0.2, -0.15) is 0 Å². The summed E-state index contributed by atoms with van der Waals surface area (Å²) in [7, 11) is 0. The van der Waals surface area contributed by atoms with Gasteiger partial charge in [0.25, 0.3) is 5.91 Å². The minimum Gasteiger partial charge on any atom is -0.466 e. The standard InChI is InChI=1S/C20H29N3O4/c1-3-5-17(21)18(24)22-16-8-6-14(7-9-16)19(25)23-12-10-15(11-13-23)20(26)27-4-2/h6-9,15,17H,3-5,10-13,21H2,1-2H3,(H,22,24). The van der Waals surface area contributed by atoms with E-state index in [0.717, 1.165) is 6.42 Å². The van der Waals surface area contributed by atoms with E-state index in [-0.39, 0.29) is 23.7 Å². The second-order valence-corrected chi connectivity index (χ2v) is 6.78. The molecule has 0 aliphatic carbocycles. The number of carbonyl (C=O) groups is 3. The van der Waals surface area contributed by atoms with Crippen molar-refractivity contribution in [3.63, 3.8) is 0 Å². The monoisotopic (exact) mass is 375 g/mol. The van der Waals surface area contributed by atoms with Crippen LogP contribution in [0, 0.1) is 5.92 Å². The van der Waals surface area contributed by atoms with E-state index in [2.05, 4.69) is 5.32 Å². The van der Waals surface area contributed by atoms with Crippen molar-refractivity contribution < 1.29 is 19.1 Å². The number of nitrogens with one attached hydrogen (secondary N) is 1. The molecule has 27 heavy (non-hydrogen) atoms. The van der Waals surface area contributed by atoms with Gasteiger partial charge in [-0.25, -0.2) is 0 Å². The van der Waals surface area contributed by atoms with Gasteiger partial charge in [0.1, 0.15) is 0 Å². The van der Waals surface area contributed by atoms with Crippen molar-refractivity contribution in [1.29, 1.82) is 0 Å². The first-order valence-electron chi connectivity index (χ1n) is 9.58. The zero-order valence-corrected chi connectivity index (χ0v) is 16.1. The number of hydrogen-bond acceptors (Lipinski definition) is 5. The molecule has 0 saturated carbocycles. The summed E-state index contributed by atoms with van der Waals surface area (Å²) in [6.07, 6.45) is 2.71. The lowest BCUT2D eigenvalue weighted by Crippen LogP contribution is -2.40. The summed E-state index contributed by atoms with van der Waals surface area (Å²) in [5, 5.41) is 2.76. The summed E-state index contributed by atoms with van der Waals surface area (Å²) in [5.74, 6) is -0.597. The highest BCUT2D eigenvalue weighted by molar-refractivity contribution is 5.97. The van der Waals surface area contributed by atoms with Crippen LogP contribution < -0.4 is 11.1 Å². The minimum absolute atomic E-state index is 0.0714. The van der Waals surface area contributed by atoms with Crippen LogP contribution in [-0.2, 0) is 14.3 Å². The largest absolute Gasteiger partial charge is 0.466 e. The zero-order valence-electron chi connectivity index (χ0n) is 16.1. The van der Waals surface area contributed by atoms with Crippen molar-refractivity contribution in [3.8, 4) is 0 Å². The molecule has 0 aromatic heterocycles. The Morgan fingerprint density at radius 1 is 1.19 bits per heavy atom. The maximum absolute atomic E-state index is 12.6. The van der Waals surface area contributed by atoms with E-state index < -0.39 is 6.04 Å². The average molecular weight is 375 g/mol. The molecule has 1 fully saturated rings. The summed E-state index contributed by atoms with van der Waals surface area (Å²) in [4.78, 5) is 38.1. The Morgan fingerprint density at radius 2 is 1.81 bits per heavy atom. The van der Waals surface area contributed by atoms with Crippen LogP contribution in [0.3, 0.4) is 0 Å². The van der Waals surface area contributed by atoms with E-state index >= 15 is 0 Å². The highest BCUT2D eigenvalue weighted by atomic mass is 16.5. The summed E-state index contributed by atoms with van der Waals surface area (Å²) >= 11 is 0. The molecule has 3 N–H and O–H groups in total. The number of rotatable bonds is 7. The molecule has 148 valence electrons. The fraction of sp³-hybridized carbons (Fsp3) is 0.550. The van der Waals surface area contributed by atoms with Gasteiger partial charge in [0.2, 0.25) is 5.91 Å².